The Labute approximate surface area is 225 Å². The van der Waals surface area contributed by atoms with Gasteiger partial charge in [0.05, 0.1) is 13.0 Å². The number of carboxylic acids is 1. The molecule has 0 saturated carbocycles. The molecule has 1 amide bonds. The van der Waals surface area contributed by atoms with Crippen molar-refractivity contribution in [2.75, 3.05) is 13.2 Å². The third kappa shape index (κ3) is 8.72. The van der Waals surface area contributed by atoms with Gasteiger partial charge in [-0.25, -0.2) is 4.39 Å². The predicted molar refractivity (Wildman–Crippen MR) is 149 cm³/mol. The molecule has 38 heavy (non-hydrogen) atoms. The standard InChI is InChI=1S/C32H38FNO4/c1-22-19-27(33)14-15-29(22)31-23(2)20-28(21-24(31)3)38-18-8-6-4-5-7-9-25-10-12-26(13-11-25)32(37)34-17-16-30(35)36/h10-15,19-21H,4-9,16-18H2,1-3H3,(H,34,37)(H,35,36). The van der Waals surface area contributed by atoms with E-state index in [0.29, 0.717) is 12.2 Å². The topological polar surface area (TPSA) is 75.6 Å². The Hall–Kier alpha value is -3.67. The van der Waals surface area contributed by atoms with E-state index in [9.17, 15) is 14.0 Å². The zero-order valence-electron chi connectivity index (χ0n) is 22.6. The van der Waals surface area contributed by atoms with E-state index in [-0.39, 0.29) is 24.7 Å². The van der Waals surface area contributed by atoms with Gasteiger partial charge in [0.15, 0.2) is 0 Å². The Morgan fingerprint density at radius 3 is 2.16 bits per heavy atom. The van der Waals surface area contributed by atoms with Crippen molar-refractivity contribution in [1.29, 1.82) is 0 Å². The van der Waals surface area contributed by atoms with E-state index in [2.05, 4.69) is 31.3 Å². The summed E-state index contributed by atoms with van der Waals surface area (Å²) in [6, 6.07) is 16.6. The van der Waals surface area contributed by atoms with E-state index in [0.717, 1.165) is 72.1 Å². The zero-order valence-corrected chi connectivity index (χ0v) is 22.6. The first-order chi connectivity index (χ1) is 18.2. The van der Waals surface area contributed by atoms with Crippen LogP contribution in [0.2, 0.25) is 0 Å². The summed E-state index contributed by atoms with van der Waals surface area (Å²) in [5, 5.41) is 11.3. The first kappa shape index (κ1) is 28.9. The second kappa shape index (κ2) is 14.3. The minimum absolute atomic E-state index is 0.0824. The number of carbonyl (C=O) groups is 2. The van der Waals surface area contributed by atoms with Crippen LogP contribution in [0.3, 0.4) is 0 Å². The minimum atomic E-state index is -0.928. The fraction of sp³-hybridized carbons (Fsp3) is 0.375. The minimum Gasteiger partial charge on any atom is -0.494 e. The van der Waals surface area contributed by atoms with E-state index in [1.54, 1.807) is 18.2 Å². The van der Waals surface area contributed by atoms with E-state index in [1.165, 1.54) is 11.6 Å². The van der Waals surface area contributed by atoms with Crippen molar-refractivity contribution < 1.29 is 23.8 Å². The monoisotopic (exact) mass is 519 g/mol. The zero-order chi connectivity index (χ0) is 27.5. The predicted octanol–water partition coefficient (Wildman–Crippen LogP) is 7.19. The van der Waals surface area contributed by atoms with Crippen molar-refractivity contribution in [3.8, 4) is 16.9 Å². The van der Waals surface area contributed by atoms with E-state index in [4.69, 9.17) is 9.84 Å². The van der Waals surface area contributed by atoms with Gasteiger partial charge in [-0.05, 0) is 110 Å². The molecule has 0 aliphatic heterocycles. The molecule has 0 aliphatic carbocycles. The second-order valence-corrected chi connectivity index (χ2v) is 9.85. The third-order valence-corrected chi connectivity index (χ3v) is 6.68. The summed E-state index contributed by atoms with van der Waals surface area (Å²) in [6.45, 7) is 6.89. The van der Waals surface area contributed by atoms with Gasteiger partial charge in [-0.3, -0.25) is 9.59 Å². The molecule has 6 heteroatoms. The molecule has 0 fully saturated rings. The largest absolute Gasteiger partial charge is 0.494 e. The lowest BCUT2D eigenvalue weighted by Crippen LogP contribution is -2.25. The molecule has 3 aromatic rings. The molecule has 202 valence electrons. The summed E-state index contributed by atoms with van der Waals surface area (Å²) in [4.78, 5) is 22.6. The highest BCUT2D eigenvalue weighted by atomic mass is 19.1. The first-order valence-corrected chi connectivity index (χ1v) is 13.3. The number of benzene rings is 3. The second-order valence-electron chi connectivity index (χ2n) is 9.85. The maximum atomic E-state index is 13.5. The smallest absolute Gasteiger partial charge is 0.305 e. The maximum absolute atomic E-state index is 13.5. The number of carbonyl (C=O) groups excluding carboxylic acids is 1. The number of halogens is 1. The number of hydrogen-bond acceptors (Lipinski definition) is 3. The lowest BCUT2D eigenvalue weighted by molar-refractivity contribution is -0.136. The highest BCUT2D eigenvalue weighted by molar-refractivity contribution is 5.94. The average Bonchev–Trinajstić information content (AvgIpc) is 2.86. The molecule has 3 rings (SSSR count). The summed E-state index contributed by atoms with van der Waals surface area (Å²) in [5.74, 6) is -0.511. The van der Waals surface area contributed by atoms with Gasteiger partial charge >= 0.3 is 5.97 Å². The van der Waals surface area contributed by atoms with Crippen molar-refractivity contribution in [2.45, 2.75) is 65.7 Å². The number of rotatable bonds is 14. The van der Waals surface area contributed by atoms with Crippen LogP contribution >= 0.6 is 0 Å². The molecular formula is C32H38FNO4. The summed E-state index contributed by atoms with van der Waals surface area (Å²) >= 11 is 0. The fourth-order valence-corrected chi connectivity index (χ4v) is 4.70. The Bertz CT molecular complexity index is 1210. The number of amides is 1. The van der Waals surface area contributed by atoms with Crippen LogP contribution in [0.15, 0.2) is 54.6 Å². The van der Waals surface area contributed by atoms with Gasteiger partial charge in [0, 0.05) is 12.1 Å². The van der Waals surface area contributed by atoms with E-state index in [1.807, 2.05) is 25.1 Å². The Kier molecular flexibility index (Phi) is 10.9. The Balaban J connectivity index is 1.33. The quantitative estimate of drug-likeness (QED) is 0.221. The first-order valence-electron chi connectivity index (χ1n) is 13.3. The van der Waals surface area contributed by atoms with Crippen LogP contribution in [0.5, 0.6) is 5.75 Å². The van der Waals surface area contributed by atoms with Crippen molar-refractivity contribution in [2.24, 2.45) is 0 Å². The fourth-order valence-electron chi connectivity index (χ4n) is 4.70. The van der Waals surface area contributed by atoms with Gasteiger partial charge in [-0.2, -0.15) is 0 Å². The van der Waals surface area contributed by atoms with Gasteiger partial charge in [0.2, 0.25) is 0 Å². The van der Waals surface area contributed by atoms with Crippen molar-refractivity contribution >= 4 is 11.9 Å². The van der Waals surface area contributed by atoms with Gasteiger partial charge in [0.1, 0.15) is 11.6 Å². The number of ether oxygens (including phenoxy) is 1. The van der Waals surface area contributed by atoms with Crippen LogP contribution < -0.4 is 10.1 Å². The molecule has 0 saturated heterocycles. The lowest BCUT2D eigenvalue weighted by Gasteiger charge is -2.15. The van der Waals surface area contributed by atoms with Crippen LogP contribution in [0, 0.1) is 26.6 Å². The molecule has 3 aromatic carbocycles. The molecule has 0 heterocycles. The third-order valence-electron chi connectivity index (χ3n) is 6.68. The molecule has 0 radical (unpaired) electrons. The van der Waals surface area contributed by atoms with Crippen LogP contribution in [-0.2, 0) is 11.2 Å². The Morgan fingerprint density at radius 2 is 1.50 bits per heavy atom. The molecule has 0 atom stereocenters. The van der Waals surface area contributed by atoms with Crippen molar-refractivity contribution in [1.82, 2.24) is 5.32 Å². The van der Waals surface area contributed by atoms with Crippen LogP contribution in [0.25, 0.3) is 11.1 Å². The van der Waals surface area contributed by atoms with Gasteiger partial charge in [-0.1, -0.05) is 37.5 Å². The number of carboxylic acid groups (broad SMARTS) is 1. The van der Waals surface area contributed by atoms with E-state index < -0.39 is 5.97 Å². The summed E-state index contributed by atoms with van der Waals surface area (Å²) in [5.41, 5.74) is 7.12. The summed E-state index contributed by atoms with van der Waals surface area (Å²) in [6.07, 6.45) is 6.38. The molecule has 0 bridgehead atoms. The van der Waals surface area contributed by atoms with Gasteiger partial charge < -0.3 is 15.2 Å². The normalized spacial score (nSPS) is 10.8. The summed E-state index contributed by atoms with van der Waals surface area (Å²) < 4.78 is 19.5. The lowest BCUT2D eigenvalue weighted by atomic mass is 9.92. The number of nitrogens with one attached hydrogen (secondary N) is 1. The van der Waals surface area contributed by atoms with Crippen molar-refractivity contribution in [3.05, 3.63) is 88.2 Å². The molecule has 0 aromatic heterocycles. The molecule has 0 unspecified atom stereocenters. The SMILES string of the molecule is Cc1cc(F)ccc1-c1c(C)cc(OCCCCCCCc2ccc(C(=O)NCCC(=O)O)cc2)cc1C. The number of aliphatic carboxylic acids is 1. The van der Waals surface area contributed by atoms with Crippen LogP contribution in [-0.4, -0.2) is 30.1 Å². The maximum Gasteiger partial charge on any atom is 0.305 e. The average molecular weight is 520 g/mol. The molecule has 0 aliphatic rings. The molecule has 5 nitrogen and oxygen atoms in total. The van der Waals surface area contributed by atoms with Crippen molar-refractivity contribution in [3.63, 3.8) is 0 Å². The van der Waals surface area contributed by atoms with Gasteiger partial charge in [0.25, 0.3) is 5.91 Å². The van der Waals surface area contributed by atoms with Crippen LogP contribution in [0.4, 0.5) is 4.39 Å². The molecule has 2 N–H and O–H groups in total. The number of hydrogen-bond donors (Lipinski definition) is 2. The van der Waals surface area contributed by atoms with Crippen LogP contribution in [0.1, 0.15) is 71.1 Å². The Morgan fingerprint density at radius 1 is 0.842 bits per heavy atom. The highest BCUT2D eigenvalue weighted by Crippen LogP contribution is 2.33. The number of aryl methyl sites for hydroxylation is 4. The van der Waals surface area contributed by atoms with Gasteiger partial charge in [-0.15, -0.1) is 0 Å². The highest BCUT2D eigenvalue weighted by Gasteiger charge is 2.11. The van der Waals surface area contributed by atoms with E-state index >= 15 is 0 Å². The number of unbranched alkanes of at least 4 members (excludes halogenated alkanes) is 4. The molecular weight excluding hydrogens is 481 g/mol. The molecule has 0 spiro atoms. The summed E-state index contributed by atoms with van der Waals surface area (Å²) in [7, 11) is 0.